The fraction of sp³-hybridized carbons (Fsp3) is 0.467. The van der Waals surface area contributed by atoms with Gasteiger partial charge in [-0.25, -0.2) is 4.39 Å². The molecule has 0 fully saturated rings. The Morgan fingerprint density at radius 2 is 2.23 bits per heavy atom. The van der Waals surface area contributed by atoms with Crippen LogP contribution in [0.15, 0.2) is 23.2 Å². The van der Waals surface area contributed by atoms with Crippen molar-refractivity contribution in [2.45, 2.75) is 38.0 Å². The van der Waals surface area contributed by atoms with Crippen LogP contribution in [0.3, 0.4) is 0 Å². The van der Waals surface area contributed by atoms with E-state index in [0.717, 1.165) is 0 Å². The second-order valence-corrected chi connectivity index (χ2v) is 7.74. The molecule has 1 aromatic carbocycles. The van der Waals surface area contributed by atoms with Gasteiger partial charge in [0, 0.05) is 28.5 Å². The molecule has 0 aromatic heterocycles. The molecule has 1 aromatic rings. The van der Waals surface area contributed by atoms with Gasteiger partial charge in [0.25, 0.3) is 0 Å². The van der Waals surface area contributed by atoms with Crippen LogP contribution in [-0.4, -0.2) is 26.5 Å². The number of carbonyl (C=O) groups excluding carboxylic acids is 1. The number of anilines is 1. The van der Waals surface area contributed by atoms with Crippen LogP contribution in [0.2, 0.25) is 0 Å². The Morgan fingerprint density at radius 3 is 2.82 bits per heavy atom. The molecule has 2 rings (SSSR count). The molecule has 5 nitrogen and oxygen atoms in total. The Morgan fingerprint density at radius 1 is 1.55 bits per heavy atom. The van der Waals surface area contributed by atoms with E-state index in [-0.39, 0.29) is 17.5 Å². The number of halogens is 1. The van der Waals surface area contributed by atoms with Crippen molar-refractivity contribution in [2.24, 2.45) is 10.7 Å². The lowest BCUT2D eigenvalue weighted by Crippen LogP contribution is -2.47. The van der Waals surface area contributed by atoms with Gasteiger partial charge in [-0.15, -0.1) is 0 Å². The van der Waals surface area contributed by atoms with Crippen LogP contribution in [0.4, 0.5) is 10.1 Å². The Kier molecular flexibility index (Phi) is 4.65. The number of nitrogens with one attached hydrogen (secondary N) is 1. The number of amides is 1. The Bertz CT molecular complexity index is 658. The summed E-state index contributed by atoms with van der Waals surface area (Å²) in [6.07, 6.45) is 0.333. The third-order valence-corrected chi connectivity index (χ3v) is 5.72. The largest absolute Gasteiger partial charge is 0.386 e. The SMILES string of the molecule is CCC(=O)Nc1ccc(F)c(C2CS(=O)C(C)(C)C(N)=N2)c1. The van der Waals surface area contributed by atoms with E-state index in [9.17, 15) is 13.4 Å². The van der Waals surface area contributed by atoms with Crippen molar-refractivity contribution in [3.05, 3.63) is 29.6 Å². The van der Waals surface area contributed by atoms with Crippen LogP contribution >= 0.6 is 0 Å². The van der Waals surface area contributed by atoms with Gasteiger partial charge >= 0.3 is 0 Å². The summed E-state index contributed by atoms with van der Waals surface area (Å²) in [5.74, 6) is -0.151. The Labute approximate surface area is 131 Å². The van der Waals surface area contributed by atoms with Crippen molar-refractivity contribution in [2.75, 3.05) is 11.1 Å². The lowest BCUT2D eigenvalue weighted by molar-refractivity contribution is -0.115. The Balaban J connectivity index is 2.36. The molecule has 22 heavy (non-hydrogen) atoms. The average molecular weight is 325 g/mol. The standard InChI is InChI=1S/C15H20FN3O2S/c1-4-13(20)18-9-5-6-11(16)10(7-9)12-8-22(21)15(2,3)14(17)19-12/h5-7,12H,4,8H2,1-3H3,(H2,17,19)(H,18,20). The highest BCUT2D eigenvalue weighted by atomic mass is 32.2. The number of amidine groups is 1. The first-order valence-electron chi connectivity index (χ1n) is 7.07. The molecule has 1 aliphatic rings. The molecule has 3 N–H and O–H groups in total. The van der Waals surface area contributed by atoms with Crippen LogP contribution in [0, 0.1) is 5.82 Å². The number of benzene rings is 1. The second-order valence-electron chi connectivity index (χ2n) is 5.69. The third-order valence-electron chi connectivity index (χ3n) is 3.75. The van der Waals surface area contributed by atoms with Crippen LogP contribution in [0.25, 0.3) is 0 Å². The maximum absolute atomic E-state index is 14.1. The molecule has 1 amide bonds. The third kappa shape index (κ3) is 3.19. The molecule has 0 saturated heterocycles. The molecule has 2 atom stereocenters. The highest BCUT2D eigenvalue weighted by molar-refractivity contribution is 7.87. The summed E-state index contributed by atoms with van der Waals surface area (Å²) < 4.78 is 25.7. The maximum atomic E-state index is 14.1. The monoisotopic (exact) mass is 325 g/mol. The summed E-state index contributed by atoms with van der Waals surface area (Å²) >= 11 is 0. The van der Waals surface area contributed by atoms with Crippen molar-refractivity contribution in [1.82, 2.24) is 0 Å². The quantitative estimate of drug-likeness (QED) is 0.892. The number of aliphatic imine (C=N–C) groups is 1. The first-order valence-corrected chi connectivity index (χ1v) is 8.39. The smallest absolute Gasteiger partial charge is 0.224 e. The molecule has 1 aliphatic heterocycles. The second kappa shape index (κ2) is 6.16. The molecule has 7 heteroatoms. The minimum Gasteiger partial charge on any atom is -0.386 e. The van der Waals surface area contributed by atoms with Gasteiger partial charge in [-0.05, 0) is 32.0 Å². The number of nitrogens with zero attached hydrogens (tertiary/aromatic N) is 1. The molecule has 0 radical (unpaired) electrons. The van der Waals surface area contributed by atoms with E-state index in [2.05, 4.69) is 10.3 Å². The number of hydrogen-bond acceptors (Lipinski definition) is 4. The molecule has 0 aliphatic carbocycles. The van der Waals surface area contributed by atoms with Gasteiger partial charge in [0.2, 0.25) is 5.91 Å². The van der Waals surface area contributed by atoms with Gasteiger partial charge in [-0.2, -0.15) is 0 Å². The molecule has 0 bridgehead atoms. The number of hydrogen-bond donors (Lipinski definition) is 2. The summed E-state index contributed by atoms with van der Waals surface area (Å²) in [4.78, 5) is 15.7. The first-order chi connectivity index (χ1) is 10.3. The molecule has 1 heterocycles. The van der Waals surface area contributed by atoms with E-state index in [4.69, 9.17) is 5.73 Å². The van der Waals surface area contributed by atoms with Crippen molar-refractivity contribution in [1.29, 1.82) is 0 Å². The van der Waals surface area contributed by atoms with Gasteiger partial charge in [-0.1, -0.05) is 6.92 Å². The van der Waals surface area contributed by atoms with Crippen molar-refractivity contribution < 1.29 is 13.4 Å². The highest BCUT2D eigenvalue weighted by Gasteiger charge is 2.37. The zero-order valence-corrected chi connectivity index (χ0v) is 13.7. The van der Waals surface area contributed by atoms with E-state index < -0.39 is 27.4 Å². The van der Waals surface area contributed by atoms with Gasteiger partial charge in [0.1, 0.15) is 11.7 Å². The topological polar surface area (TPSA) is 84.5 Å². The first kappa shape index (κ1) is 16.6. The molecule has 0 spiro atoms. The zero-order valence-electron chi connectivity index (χ0n) is 12.9. The van der Waals surface area contributed by atoms with E-state index in [1.807, 2.05) is 0 Å². The number of nitrogens with two attached hydrogens (primary N) is 1. The van der Waals surface area contributed by atoms with Crippen molar-refractivity contribution >= 4 is 28.2 Å². The Hall–Kier alpha value is -1.76. The van der Waals surface area contributed by atoms with E-state index in [1.165, 1.54) is 18.2 Å². The van der Waals surface area contributed by atoms with Gasteiger partial charge in [-0.3, -0.25) is 14.0 Å². The molecule has 120 valence electrons. The van der Waals surface area contributed by atoms with Crippen molar-refractivity contribution in [3.63, 3.8) is 0 Å². The van der Waals surface area contributed by atoms with E-state index in [0.29, 0.717) is 17.7 Å². The lowest BCUT2D eigenvalue weighted by Gasteiger charge is -2.31. The fourth-order valence-electron chi connectivity index (χ4n) is 2.11. The molecular formula is C15H20FN3O2S. The average Bonchev–Trinajstić information content (AvgIpc) is 2.46. The number of rotatable bonds is 3. The van der Waals surface area contributed by atoms with Gasteiger partial charge in [0.15, 0.2) is 0 Å². The van der Waals surface area contributed by atoms with Gasteiger partial charge in [0.05, 0.1) is 16.5 Å². The predicted molar refractivity (Wildman–Crippen MR) is 86.8 cm³/mol. The van der Waals surface area contributed by atoms with Crippen LogP contribution in [0.1, 0.15) is 38.8 Å². The minimum absolute atomic E-state index is 0.158. The maximum Gasteiger partial charge on any atom is 0.224 e. The van der Waals surface area contributed by atoms with E-state index >= 15 is 0 Å². The fourth-order valence-corrected chi connectivity index (χ4v) is 3.36. The lowest BCUT2D eigenvalue weighted by atomic mass is 10.1. The zero-order chi connectivity index (χ0) is 16.5. The van der Waals surface area contributed by atoms with Crippen LogP contribution < -0.4 is 11.1 Å². The summed E-state index contributed by atoms with van der Waals surface area (Å²) in [5.41, 5.74) is 6.67. The number of carbonyl (C=O) groups is 1. The van der Waals surface area contributed by atoms with Crippen molar-refractivity contribution in [3.8, 4) is 0 Å². The summed E-state index contributed by atoms with van der Waals surface area (Å²) in [6, 6.07) is 3.69. The minimum atomic E-state index is -1.25. The molecule has 2 unspecified atom stereocenters. The molecule has 0 saturated carbocycles. The highest BCUT2D eigenvalue weighted by Crippen LogP contribution is 2.31. The van der Waals surface area contributed by atoms with Gasteiger partial charge < -0.3 is 11.1 Å². The molecular weight excluding hydrogens is 305 g/mol. The van der Waals surface area contributed by atoms with Crippen LogP contribution in [-0.2, 0) is 15.6 Å². The van der Waals surface area contributed by atoms with E-state index in [1.54, 1.807) is 20.8 Å². The summed E-state index contributed by atoms with van der Waals surface area (Å²) in [7, 11) is -1.25. The summed E-state index contributed by atoms with van der Waals surface area (Å²) in [5, 5.41) is 2.68. The normalized spacial score (nSPS) is 23.7. The summed E-state index contributed by atoms with van der Waals surface area (Å²) in [6.45, 7) is 5.25. The van der Waals surface area contributed by atoms with Crippen LogP contribution in [0.5, 0.6) is 0 Å². The predicted octanol–water partition coefficient (Wildman–Crippen LogP) is 2.11.